The number of benzene rings is 2. The molecule has 0 N–H and O–H groups in total. The SMILES string of the molecule is CCOc1ccc(-c2nc(-c3ccc(O[Si](C)(C)C(C)(C)C)c(C(=O)OC)c3)cs2)cc1OCC. The Morgan fingerprint density at radius 3 is 2.20 bits per heavy atom. The van der Waals surface area contributed by atoms with Gasteiger partial charge in [-0.1, -0.05) is 20.8 Å². The van der Waals surface area contributed by atoms with Gasteiger partial charge in [-0.15, -0.1) is 11.3 Å². The molecule has 0 aliphatic carbocycles. The van der Waals surface area contributed by atoms with Crippen LogP contribution in [0.25, 0.3) is 21.8 Å². The number of hydrogen-bond donors (Lipinski definition) is 0. The smallest absolute Gasteiger partial charge is 0.341 e. The highest BCUT2D eigenvalue weighted by Gasteiger charge is 2.39. The summed E-state index contributed by atoms with van der Waals surface area (Å²) >= 11 is 1.53. The molecular formula is C27H35NO5SSi. The number of rotatable bonds is 9. The minimum Gasteiger partial charge on any atom is -0.543 e. The lowest BCUT2D eigenvalue weighted by molar-refractivity contribution is 0.0598. The fourth-order valence-corrected chi connectivity index (χ4v) is 5.06. The van der Waals surface area contributed by atoms with Gasteiger partial charge in [0.2, 0.25) is 0 Å². The number of ether oxygens (including phenoxy) is 3. The van der Waals surface area contributed by atoms with Crippen molar-refractivity contribution in [2.75, 3.05) is 20.3 Å². The van der Waals surface area contributed by atoms with Crippen molar-refractivity contribution in [2.45, 2.75) is 52.8 Å². The minimum atomic E-state index is -2.14. The van der Waals surface area contributed by atoms with Gasteiger partial charge in [0.05, 0.1) is 26.0 Å². The molecule has 188 valence electrons. The summed E-state index contributed by atoms with van der Waals surface area (Å²) in [5, 5.41) is 2.84. The molecule has 0 atom stereocenters. The number of carbonyl (C=O) groups is 1. The largest absolute Gasteiger partial charge is 0.543 e. The number of hydrogen-bond acceptors (Lipinski definition) is 7. The molecule has 1 aromatic heterocycles. The Morgan fingerprint density at radius 2 is 1.57 bits per heavy atom. The van der Waals surface area contributed by atoms with Gasteiger partial charge in [0.25, 0.3) is 8.32 Å². The third-order valence-corrected chi connectivity index (χ3v) is 11.4. The standard InChI is InChI=1S/C27H35NO5SSi/c1-9-31-23-14-12-19(16-24(23)32-10-2)25-28-21(17-34-25)18-11-13-22(20(15-18)26(29)30-6)33-35(7,8)27(3,4)5/h11-17H,9-10H2,1-8H3. The Hall–Kier alpha value is -2.84. The van der Waals surface area contributed by atoms with Crippen molar-refractivity contribution in [3.05, 3.63) is 47.3 Å². The Balaban J connectivity index is 1.97. The van der Waals surface area contributed by atoms with E-state index in [2.05, 4.69) is 33.9 Å². The van der Waals surface area contributed by atoms with Crippen LogP contribution in [0.1, 0.15) is 45.0 Å². The molecule has 0 bridgehead atoms. The van der Waals surface area contributed by atoms with E-state index in [-0.39, 0.29) is 5.04 Å². The Morgan fingerprint density at radius 1 is 0.943 bits per heavy atom. The molecule has 3 aromatic rings. The maximum absolute atomic E-state index is 12.6. The van der Waals surface area contributed by atoms with E-state index in [0.29, 0.717) is 30.3 Å². The summed E-state index contributed by atoms with van der Waals surface area (Å²) in [4.78, 5) is 17.5. The molecule has 3 rings (SSSR count). The molecule has 0 radical (unpaired) electrons. The van der Waals surface area contributed by atoms with E-state index in [1.165, 1.54) is 18.4 Å². The molecule has 0 amide bonds. The molecule has 1 heterocycles. The Labute approximate surface area is 213 Å². The van der Waals surface area contributed by atoms with Crippen LogP contribution in [0, 0.1) is 0 Å². The van der Waals surface area contributed by atoms with Gasteiger partial charge < -0.3 is 18.6 Å². The number of thiazole rings is 1. The Bertz CT molecular complexity index is 1180. The summed E-state index contributed by atoms with van der Waals surface area (Å²) < 4.78 is 22.9. The van der Waals surface area contributed by atoms with Crippen LogP contribution in [0.3, 0.4) is 0 Å². The summed E-state index contributed by atoms with van der Waals surface area (Å²) in [7, 11) is -0.756. The molecule has 35 heavy (non-hydrogen) atoms. The predicted octanol–water partition coefficient (Wildman–Crippen LogP) is 7.45. The second kappa shape index (κ2) is 10.8. The molecule has 6 nitrogen and oxygen atoms in total. The monoisotopic (exact) mass is 513 g/mol. The fourth-order valence-electron chi connectivity index (χ4n) is 3.20. The van der Waals surface area contributed by atoms with Crippen molar-refractivity contribution in [1.29, 1.82) is 0 Å². The molecule has 0 saturated carbocycles. The highest BCUT2D eigenvalue weighted by molar-refractivity contribution is 7.13. The number of esters is 1. The van der Waals surface area contributed by atoms with E-state index in [4.69, 9.17) is 23.6 Å². The molecule has 0 saturated heterocycles. The molecule has 0 spiro atoms. The van der Waals surface area contributed by atoms with Crippen molar-refractivity contribution in [3.8, 4) is 39.1 Å². The van der Waals surface area contributed by atoms with Gasteiger partial charge in [-0.3, -0.25) is 0 Å². The first-order valence-corrected chi connectivity index (χ1v) is 15.6. The maximum Gasteiger partial charge on any atom is 0.341 e. The van der Waals surface area contributed by atoms with Crippen LogP contribution in [-0.2, 0) is 4.74 Å². The van der Waals surface area contributed by atoms with Crippen molar-refractivity contribution >= 4 is 25.6 Å². The highest BCUT2D eigenvalue weighted by atomic mass is 32.1. The van der Waals surface area contributed by atoms with E-state index in [1.807, 2.05) is 49.6 Å². The van der Waals surface area contributed by atoms with Crippen LogP contribution >= 0.6 is 11.3 Å². The molecule has 0 fully saturated rings. The van der Waals surface area contributed by atoms with E-state index in [9.17, 15) is 4.79 Å². The molecule has 0 unspecified atom stereocenters. The molecular weight excluding hydrogens is 478 g/mol. The lowest BCUT2D eigenvalue weighted by Gasteiger charge is -2.36. The second-order valence-electron chi connectivity index (χ2n) is 9.63. The van der Waals surface area contributed by atoms with Crippen LogP contribution in [0.4, 0.5) is 0 Å². The highest BCUT2D eigenvalue weighted by Crippen LogP contribution is 2.40. The van der Waals surface area contributed by atoms with E-state index < -0.39 is 14.3 Å². The maximum atomic E-state index is 12.6. The van der Waals surface area contributed by atoms with Crippen molar-refractivity contribution in [2.24, 2.45) is 0 Å². The summed E-state index contributed by atoms with van der Waals surface area (Å²) in [5.74, 6) is 1.54. The molecule has 0 aliphatic heterocycles. The first-order chi connectivity index (χ1) is 16.5. The van der Waals surface area contributed by atoms with Crippen LogP contribution in [0.15, 0.2) is 41.8 Å². The molecule has 2 aromatic carbocycles. The van der Waals surface area contributed by atoms with Crippen molar-refractivity contribution < 1.29 is 23.4 Å². The Kier molecular flexibility index (Phi) is 8.28. The average molecular weight is 514 g/mol. The van der Waals surface area contributed by atoms with Gasteiger partial charge in [-0.2, -0.15) is 0 Å². The third kappa shape index (κ3) is 6.05. The van der Waals surface area contributed by atoms with Gasteiger partial charge >= 0.3 is 5.97 Å². The zero-order valence-electron chi connectivity index (χ0n) is 21.9. The number of aromatic nitrogens is 1. The van der Waals surface area contributed by atoms with Crippen LogP contribution in [-0.4, -0.2) is 39.6 Å². The second-order valence-corrected chi connectivity index (χ2v) is 15.2. The summed E-state index contributed by atoms with van der Waals surface area (Å²) in [6, 6.07) is 11.4. The van der Waals surface area contributed by atoms with Gasteiger partial charge in [0.1, 0.15) is 16.3 Å². The average Bonchev–Trinajstić information content (AvgIpc) is 3.29. The zero-order valence-corrected chi connectivity index (χ0v) is 23.7. The van der Waals surface area contributed by atoms with Crippen LogP contribution in [0.5, 0.6) is 17.2 Å². The lowest BCUT2D eigenvalue weighted by Crippen LogP contribution is -2.44. The molecule has 0 aliphatic rings. The van der Waals surface area contributed by atoms with Crippen molar-refractivity contribution in [3.63, 3.8) is 0 Å². The van der Waals surface area contributed by atoms with Crippen LogP contribution < -0.4 is 13.9 Å². The number of carbonyl (C=O) groups excluding carboxylic acids is 1. The quantitative estimate of drug-likeness (QED) is 0.219. The van der Waals surface area contributed by atoms with Gasteiger partial charge in [0.15, 0.2) is 11.5 Å². The summed E-state index contributed by atoms with van der Waals surface area (Å²) in [5.41, 5.74) is 2.95. The van der Waals surface area contributed by atoms with Gasteiger partial charge in [-0.25, -0.2) is 9.78 Å². The van der Waals surface area contributed by atoms with Crippen molar-refractivity contribution in [1.82, 2.24) is 4.98 Å². The fraction of sp³-hybridized carbons (Fsp3) is 0.407. The van der Waals surface area contributed by atoms with E-state index in [0.717, 1.165) is 27.6 Å². The predicted molar refractivity (Wildman–Crippen MR) is 144 cm³/mol. The third-order valence-electron chi connectivity index (χ3n) is 6.15. The zero-order chi connectivity index (χ0) is 25.8. The topological polar surface area (TPSA) is 66.9 Å². The van der Waals surface area contributed by atoms with E-state index >= 15 is 0 Å². The summed E-state index contributed by atoms with van der Waals surface area (Å²) in [6.07, 6.45) is 0. The first kappa shape index (κ1) is 26.8. The molecule has 8 heteroatoms. The van der Waals surface area contributed by atoms with Crippen LogP contribution in [0.2, 0.25) is 18.1 Å². The first-order valence-electron chi connectivity index (χ1n) is 11.8. The van der Waals surface area contributed by atoms with Gasteiger partial charge in [0, 0.05) is 16.5 Å². The minimum absolute atomic E-state index is 0.000930. The van der Waals surface area contributed by atoms with Gasteiger partial charge in [-0.05, 0) is 68.4 Å². The number of nitrogens with zero attached hydrogens (tertiary/aromatic N) is 1. The van der Waals surface area contributed by atoms with E-state index in [1.54, 1.807) is 6.07 Å². The summed E-state index contributed by atoms with van der Waals surface area (Å²) in [6.45, 7) is 15.8. The number of methoxy groups -OCH3 is 1. The normalized spacial score (nSPS) is 11.8. The lowest BCUT2D eigenvalue weighted by atomic mass is 10.1.